The van der Waals surface area contributed by atoms with Crippen LogP contribution in [0, 0.1) is 13.8 Å². The van der Waals surface area contributed by atoms with Gasteiger partial charge in [-0.05, 0) is 79.7 Å². The van der Waals surface area contributed by atoms with Crippen LogP contribution in [0.5, 0.6) is 5.75 Å². The van der Waals surface area contributed by atoms with E-state index in [1.165, 1.54) is 11.8 Å². The number of thioether (sulfide) groups is 1. The third kappa shape index (κ3) is 6.34. The lowest BCUT2D eigenvalue weighted by atomic mass is 10.2. The van der Waals surface area contributed by atoms with E-state index in [1.54, 1.807) is 29.2 Å². The number of carbonyl (C=O) groups excluding carboxylic acids is 1. The van der Waals surface area contributed by atoms with E-state index in [1.807, 2.05) is 80.6 Å². The molecule has 4 aromatic rings. The van der Waals surface area contributed by atoms with E-state index >= 15 is 0 Å². The summed E-state index contributed by atoms with van der Waals surface area (Å²) < 4.78 is 5.89. The molecule has 0 unspecified atom stereocenters. The zero-order valence-electron chi connectivity index (χ0n) is 21.1. The number of ether oxygens (including phenoxy) is 1. The first-order valence-corrected chi connectivity index (χ1v) is 14.0. The van der Waals surface area contributed by atoms with Gasteiger partial charge in [-0.15, -0.1) is 0 Å². The van der Waals surface area contributed by atoms with Crippen LogP contribution in [0.3, 0.4) is 0 Å². The second-order valence-electron chi connectivity index (χ2n) is 9.01. The zero-order chi connectivity index (χ0) is 27.5. The SMILES string of the molecule is Cc1ccc(N=C2S/C(=C\c3cc(Cl)c(OCc4ccccc4Cl)c(Cl)c3)C(=O)N2c2ccc(C)cc2)cc1. The third-order valence-electron chi connectivity index (χ3n) is 6.01. The highest BCUT2D eigenvalue weighted by Crippen LogP contribution is 2.40. The number of hydrogen-bond acceptors (Lipinski definition) is 4. The summed E-state index contributed by atoms with van der Waals surface area (Å²) in [6, 6.07) is 26.5. The molecule has 0 radical (unpaired) electrons. The topological polar surface area (TPSA) is 41.9 Å². The Hall–Kier alpha value is -3.22. The largest absolute Gasteiger partial charge is 0.486 e. The van der Waals surface area contributed by atoms with Crippen molar-refractivity contribution >= 4 is 75.1 Å². The summed E-state index contributed by atoms with van der Waals surface area (Å²) in [6.45, 7) is 4.25. The lowest BCUT2D eigenvalue weighted by molar-refractivity contribution is -0.113. The molecular weight excluding hydrogens is 571 g/mol. The number of amidine groups is 1. The molecule has 0 atom stereocenters. The molecule has 1 saturated heterocycles. The Morgan fingerprint density at radius 3 is 2.10 bits per heavy atom. The van der Waals surface area contributed by atoms with Crippen molar-refractivity contribution in [1.82, 2.24) is 0 Å². The molecule has 1 heterocycles. The lowest BCUT2D eigenvalue weighted by Gasteiger charge is -2.16. The second-order valence-corrected chi connectivity index (χ2v) is 11.2. The lowest BCUT2D eigenvalue weighted by Crippen LogP contribution is -2.28. The summed E-state index contributed by atoms with van der Waals surface area (Å²) in [5.41, 5.74) is 5.24. The van der Waals surface area contributed by atoms with Gasteiger partial charge in [-0.1, -0.05) is 88.4 Å². The van der Waals surface area contributed by atoms with E-state index in [9.17, 15) is 4.79 Å². The van der Waals surface area contributed by atoms with Gasteiger partial charge >= 0.3 is 0 Å². The smallest absolute Gasteiger partial charge is 0.271 e. The van der Waals surface area contributed by atoms with Crippen LogP contribution >= 0.6 is 46.6 Å². The van der Waals surface area contributed by atoms with E-state index in [0.717, 1.165) is 28.1 Å². The van der Waals surface area contributed by atoms with E-state index in [4.69, 9.17) is 44.5 Å². The molecule has 1 fully saturated rings. The minimum Gasteiger partial charge on any atom is -0.486 e. The third-order valence-corrected chi connectivity index (χ3v) is 7.90. The standard InChI is InChI=1S/C31H23Cl3N2O2S/c1-19-7-11-23(12-8-19)35-31-36(24-13-9-20(2)10-14-24)30(37)28(39-31)17-21-15-26(33)29(27(34)16-21)38-18-22-5-3-4-6-25(22)32/h3-17H,18H2,1-2H3/b28-17-,35-31?. The number of rotatable bonds is 6. The van der Waals surface area contributed by atoms with Crippen LogP contribution in [0.25, 0.3) is 6.08 Å². The monoisotopic (exact) mass is 592 g/mol. The van der Waals surface area contributed by atoms with Gasteiger partial charge in [-0.25, -0.2) is 4.99 Å². The molecule has 0 N–H and O–H groups in total. The summed E-state index contributed by atoms with van der Waals surface area (Å²) in [7, 11) is 0. The predicted octanol–water partition coefficient (Wildman–Crippen LogP) is 9.65. The van der Waals surface area contributed by atoms with Crippen molar-refractivity contribution in [3.05, 3.63) is 127 Å². The number of amides is 1. The van der Waals surface area contributed by atoms with Gasteiger partial charge in [0.1, 0.15) is 6.61 Å². The van der Waals surface area contributed by atoms with Crippen molar-refractivity contribution in [1.29, 1.82) is 0 Å². The molecule has 5 rings (SSSR count). The predicted molar refractivity (Wildman–Crippen MR) is 165 cm³/mol. The van der Waals surface area contributed by atoms with Crippen molar-refractivity contribution in [3.63, 3.8) is 0 Å². The van der Waals surface area contributed by atoms with Gasteiger partial charge in [0, 0.05) is 10.6 Å². The summed E-state index contributed by atoms with van der Waals surface area (Å²) >= 11 is 20.6. The number of halogens is 3. The van der Waals surface area contributed by atoms with Gasteiger partial charge in [-0.3, -0.25) is 9.69 Å². The average molecular weight is 594 g/mol. The fourth-order valence-corrected chi connectivity index (χ4v) is 5.72. The molecule has 4 aromatic carbocycles. The zero-order valence-corrected chi connectivity index (χ0v) is 24.2. The normalized spacial score (nSPS) is 15.4. The summed E-state index contributed by atoms with van der Waals surface area (Å²) in [5.74, 6) is 0.176. The Labute approximate surface area is 246 Å². The quantitative estimate of drug-likeness (QED) is 0.209. The van der Waals surface area contributed by atoms with Gasteiger partial charge < -0.3 is 4.74 Å². The molecule has 1 aliphatic rings. The average Bonchev–Trinajstić information content (AvgIpc) is 3.20. The number of hydrogen-bond donors (Lipinski definition) is 0. The summed E-state index contributed by atoms with van der Waals surface area (Å²) in [6.07, 6.45) is 1.77. The molecule has 0 saturated carbocycles. The van der Waals surface area contributed by atoms with Gasteiger partial charge in [0.05, 0.1) is 26.3 Å². The maximum atomic E-state index is 13.6. The van der Waals surface area contributed by atoms with E-state index < -0.39 is 0 Å². The highest BCUT2D eigenvalue weighted by atomic mass is 35.5. The van der Waals surface area contributed by atoms with Gasteiger partial charge in [-0.2, -0.15) is 0 Å². The Morgan fingerprint density at radius 2 is 1.46 bits per heavy atom. The van der Waals surface area contributed by atoms with Crippen molar-refractivity contribution < 1.29 is 9.53 Å². The molecular formula is C31H23Cl3N2O2S. The van der Waals surface area contributed by atoms with Gasteiger partial charge in [0.15, 0.2) is 10.9 Å². The molecule has 8 heteroatoms. The number of aryl methyl sites for hydroxylation is 2. The first-order valence-electron chi connectivity index (χ1n) is 12.1. The number of benzene rings is 4. The van der Waals surface area contributed by atoms with Crippen molar-refractivity contribution in [2.24, 2.45) is 4.99 Å². The molecule has 196 valence electrons. The van der Waals surface area contributed by atoms with Crippen LogP contribution in [0.4, 0.5) is 11.4 Å². The first-order chi connectivity index (χ1) is 18.8. The number of nitrogens with zero attached hydrogens (tertiary/aromatic N) is 2. The van der Waals surface area contributed by atoms with Crippen LogP contribution in [0.15, 0.2) is 94.8 Å². The highest BCUT2D eigenvalue weighted by molar-refractivity contribution is 8.19. The molecule has 39 heavy (non-hydrogen) atoms. The summed E-state index contributed by atoms with van der Waals surface area (Å²) in [4.78, 5) is 20.5. The minimum absolute atomic E-state index is 0.180. The number of anilines is 1. The highest BCUT2D eigenvalue weighted by Gasteiger charge is 2.35. The van der Waals surface area contributed by atoms with E-state index in [-0.39, 0.29) is 12.5 Å². The fourth-order valence-electron chi connectivity index (χ4n) is 3.92. The molecule has 0 spiro atoms. The van der Waals surface area contributed by atoms with E-state index in [2.05, 4.69) is 0 Å². The molecule has 1 aliphatic heterocycles. The minimum atomic E-state index is -0.180. The van der Waals surface area contributed by atoms with Crippen LogP contribution in [0.1, 0.15) is 22.3 Å². The van der Waals surface area contributed by atoms with Crippen molar-refractivity contribution in [2.45, 2.75) is 20.5 Å². The number of aliphatic imine (C=N–C) groups is 1. The molecule has 0 aromatic heterocycles. The maximum Gasteiger partial charge on any atom is 0.271 e. The molecule has 0 aliphatic carbocycles. The van der Waals surface area contributed by atoms with Crippen LogP contribution in [-0.2, 0) is 11.4 Å². The van der Waals surface area contributed by atoms with Crippen molar-refractivity contribution in [2.75, 3.05) is 4.90 Å². The van der Waals surface area contributed by atoms with Gasteiger partial charge in [0.25, 0.3) is 5.91 Å². The Bertz CT molecular complexity index is 1580. The van der Waals surface area contributed by atoms with Crippen LogP contribution < -0.4 is 9.64 Å². The maximum absolute atomic E-state index is 13.6. The van der Waals surface area contributed by atoms with Crippen molar-refractivity contribution in [3.8, 4) is 5.75 Å². The Balaban J connectivity index is 1.45. The Morgan fingerprint density at radius 1 is 0.846 bits per heavy atom. The Kier molecular flexibility index (Phi) is 8.34. The molecule has 0 bridgehead atoms. The molecule has 4 nitrogen and oxygen atoms in total. The molecule has 1 amide bonds. The summed E-state index contributed by atoms with van der Waals surface area (Å²) in [5, 5.41) is 1.83. The first kappa shape index (κ1) is 27.4. The fraction of sp³-hybridized carbons (Fsp3) is 0.0968. The van der Waals surface area contributed by atoms with Crippen LogP contribution in [0.2, 0.25) is 15.1 Å². The van der Waals surface area contributed by atoms with E-state index in [0.29, 0.717) is 36.5 Å². The number of carbonyl (C=O) groups is 1. The second kappa shape index (κ2) is 11.9. The van der Waals surface area contributed by atoms with Crippen LogP contribution in [-0.4, -0.2) is 11.1 Å². The van der Waals surface area contributed by atoms with Gasteiger partial charge in [0.2, 0.25) is 0 Å².